The summed E-state index contributed by atoms with van der Waals surface area (Å²) in [6.07, 6.45) is 1.65. The highest BCUT2D eigenvalue weighted by Crippen LogP contribution is 2.33. The SMILES string of the molecule is CCCCn1nc(C(=O)Nc2cc(OC)c(OC)cc2C(=O)OC)ccc1=O. The molecule has 1 heterocycles. The van der Waals surface area contributed by atoms with E-state index in [1.165, 1.54) is 50.3 Å². The van der Waals surface area contributed by atoms with E-state index in [2.05, 4.69) is 10.4 Å². The van der Waals surface area contributed by atoms with Crippen molar-refractivity contribution < 1.29 is 23.8 Å². The molecule has 0 unspecified atom stereocenters. The van der Waals surface area contributed by atoms with Gasteiger partial charge in [0.15, 0.2) is 11.5 Å². The Kier molecular flexibility index (Phi) is 7.14. The molecule has 0 radical (unpaired) electrons. The van der Waals surface area contributed by atoms with Crippen molar-refractivity contribution in [2.24, 2.45) is 0 Å². The van der Waals surface area contributed by atoms with Gasteiger partial charge < -0.3 is 19.5 Å². The number of carbonyl (C=O) groups excluding carboxylic acids is 2. The molecule has 0 aliphatic carbocycles. The molecule has 0 spiro atoms. The van der Waals surface area contributed by atoms with Crippen LogP contribution in [-0.4, -0.2) is 43.0 Å². The minimum absolute atomic E-state index is 0.0429. The van der Waals surface area contributed by atoms with Gasteiger partial charge in [-0.25, -0.2) is 9.48 Å². The molecule has 0 saturated heterocycles. The molecule has 9 heteroatoms. The van der Waals surface area contributed by atoms with Crippen LogP contribution in [0.1, 0.15) is 40.6 Å². The summed E-state index contributed by atoms with van der Waals surface area (Å²) >= 11 is 0. The van der Waals surface area contributed by atoms with E-state index in [0.717, 1.165) is 12.8 Å². The van der Waals surface area contributed by atoms with Gasteiger partial charge in [0, 0.05) is 24.7 Å². The molecule has 0 aliphatic heterocycles. The van der Waals surface area contributed by atoms with Gasteiger partial charge in [-0.05, 0) is 12.5 Å². The Morgan fingerprint density at radius 1 is 1.11 bits per heavy atom. The number of benzene rings is 1. The van der Waals surface area contributed by atoms with Crippen LogP contribution < -0.4 is 20.3 Å². The zero-order valence-electron chi connectivity index (χ0n) is 16.3. The summed E-state index contributed by atoms with van der Waals surface area (Å²) < 4.78 is 16.4. The maximum absolute atomic E-state index is 12.7. The summed E-state index contributed by atoms with van der Waals surface area (Å²) in [5, 5.41) is 6.71. The highest BCUT2D eigenvalue weighted by molar-refractivity contribution is 6.07. The standard InChI is InChI=1S/C19H23N3O6/c1-5-6-9-22-17(23)8-7-13(21-22)18(24)20-14-11-16(27-3)15(26-2)10-12(14)19(25)28-4/h7-8,10-11H,5-6,9H2,1-4H3,(H,20,24). The van der Waals surface area contributed by atoms with E-state index in [1.54, 1.807) is 0 Å². The molecule has 0 bridgehead atoms. The first kappa shape index (κ1) is 20.9. The van der Waals surface area contributed by atoms with Gasteiger partial charge in [0.05, 0.1) is 32.6 Å². The fourth-order valence-corrected chi connectivity index (χ4v) is 2.49. The molecule has 1 aromatic heterocycles. The smallest absolute Gasteiger partial charge is 0.340 e. The van der Waals surface area contributed by atoms with Crippen LogP contribution in [0.4, 0.5) is 5.69 Å². The maximum atomic E-state index is 12.7. The Bertz CT molecular complexity index is 922. The number of hydrogen-bond acceptors (Lipinski definition) is 7. The van der Waals surface area contributed by atoms with Gasteiger partial charge >= 0.3 is 5.97 Å². The zero-order valence-corrected chi connectivity index (χ0v) is 16.3. The number of rotatable bonds is 8. The van der Waals surface area contributed by atoms with E-state index in [4.69, 9.17) is 14.2 Å². The topological polar surface area (TPSA) is 109 Å². The van der Waals surface area contributed by atoms with Gasteiger partial charge in [0.2, 0.25) is 0 Å². The fraction of sp³-hybridized carbons (Fsp3) is 0.368. The molecule has 1 N–H and O–H groups in total. The van der Waals surface area contributed by atoms with Crippen LogP contribution in [-0.2, 0) is 11.3 Å². The number of unbranched alkanes of at least 4 members (excludes halogenated alkanes) is 1. The van der Waals surface area contributed by atoms with Crippen molar-refractivity contribution in [1.29, 1.82) is 0 Å². The molecular formula is C19H23N3O6. The maximum Gasteiger partial charge on any atom is 0.340 e. The van der Waals surface area contributed by atoms with Crippen molar-refractivity contribution in [3.63, 3.8) is 0 Å². The molecule has 150 valence electrons. The van der Waals surface area contributed by atoms with Crippen molar-refractivity contribution in [3.05, 3.63) is 45.9 Å². The van der Waals surface area contributed by atoms with E-state index in [9.17, 15) is 14.4 Å². The Labute approximate surface area is 162 Å². The van der Waals surface area contributed by atoms with Crippen LogP contribution in [0.5, 0.6) is 11.5 Å². The van der Waals surface area contributed by atoms with Gasteiger partial charge in [-0.1, -0.05) is 13.3 Å². The van der Waals surface area contributed by atoms with Crippen LogP contribution in [0.2, 0.25) is 0 Å². The van der Waals surface area contributed by atoms with Crippen LogP contribution in [0.3, 0.4) is 0 Å². The summed E-state index contributed by atoms with van der Waals surface area (Å²) in [6.45, 7) is 2.41. The number of methoxy groups -OCH3 is 3. The number of nitrogens with zero attached hydrogens (tertiary/aromatic N) is 2. The number of carbonyl (C=O) groups is 2. The van der Waals surface area contributed by atoms with E-state index in [0.29, 0.717) is 18.0 Å². The second-order valence-electron chi connectivity index (χ2n) is 5.83. The van der Waals surface area contributed by atoms with Gasteiger partial charge in [0.25, 0.3) is 11.5 Å². The van der Waals surface area contributed by atoms with Gasteiger partial charge in [-0.15, -0.1) is 0 Å². The van der Waals surface area contributed by atoms with Crippen LogP contribution in [0.25, 0.3) is 0 Å². The molecule has 0 aliphatic rings. The summed E-state index contributed by atoms with van der Waals surface area (Å²) in [4.78, 5) is 36.6. The monoisotopic (exact) mass is 389 g/mol. The summed E-state index contributed by atoms with van der Waals surface area (Å²) in [5.41, 5.74) is 0.0167. The molecule has 9 nitrogen and oxygen atoms in total. The third kappa shape index (κ3) is 4.67. The van der Waals surface area contributed by atoms with E-state index in [-0.39, 0.29) is 22.5 Å². The minimum Gasteiger partial charge on any atom is -0.493 e. The van der Waals surface area contributed by atoms with E-state index >= 15 is 0 Å². The second-order valence-corrected chi connectivity index (χ2v) is 5.83. The molecule has 0 fully saturated rings. The zero-order chi connectivity index (χ0) is 20.7. The van der Waals surface area contributed by atoms with E-state index < -0.39 is 11.9 Å². The van der Waals surface area contributed by atoms with Crippen molar-refractivity contribution in [2.45, 2.75) is 26.3 Å². The predicted octanol–water partition coefficient (Wildman–Crippen LogP) is 2.10. The van der Waals surface area contributed by atoms with Crippen molar-refractivity contribution >= 4 is 17.6 Å². The van der Waals surface area contributed by atoms with Crippen LogP contribution in [0.15, 0.2) is 29.1 Å². The third-order valence-corrected chi connectivity index (χ3v) is 4.00. The van der Waals surface area contributed by atoms with Crippen molar-refractivity contribution in [2.75, 3.05) is 26.6 Å². The first-order valence-corrected chi connectivity index (χ1v) is 8.69. The molecular weight excluding hydrogens is 366 g/mol. The summed E-state index contributed by atoms with van der Waals surface area (Å²) in [7, 11) is 4.10. The Morgan fingerprint density at radius 3 is 2.39 bits per heavy atom. The Balaban J connectivity index is 2.40. The van der Waals surface area contributed by atoms with Crippen molar-refractivity contribution in [1.82, 2.24) is 9.78 Å². The number of esters is 1. The number of hydrogen-bond donors (Lipinski definition) is 1. The number of ether oxygens (including phenoxy) is 3. The minimum atomic E-state index is -0.655. The molecule has 1 amide bonds. The lowest BCUT2D eigenvalue weighted by atomic mass is 10.1. The lowest BCUT2D eigenvalue weighted by Crippen LogP contribution is -2.26. The Morgan fingerprint density at radius 2 is 1.79 bits per heavy atom. The average Bonchev–Trinajstić information content (AvgIpc) is 2.72. The van der Waals surface area contributed by atoms with Crippen molar-refractivity contribution in [3.8, 4) is 11.5 Å². The molecule has 2 rings (SSSR count). The first-order valence-electron chi connectivity index (χ1n) is 8.69. The summed E-state index contributed by atoms with van der Waals surface area (Å²) in [5.74, 6) is -0.599. The normalized spacial score (nSPS) is 10.3. The predicted molar refractivity (Wildman–Crippen MR) is 102 cm³/mol. The van der Waals surface area contributed by atoms with Gasteiger partial charge in [-0.3, -0.25) is 9.59 Å². The number of aromatic nitrogens is 2. The Hall–Kier alpha value is -3.36. The quantitative estimate of drug-likeness (QED) is 0.689. The molecule has 0 atom stereocenters. The lowest BCUT2D eigenvalue weighted by Gasteiger charge is -2.14. The lowest BCUT2D eigenvalue weighted by molar-refractivity contribution is 0.0601. The van der Waals surface area contributed by atoms with Gasteiger partial charge in [0.1, 0.15) is 5.69 Å². The number of anilines is 1. The second kappa shape index (κ2) is 9.54. The number of aryl methyl sites for hydroxylation is 1. The third-order valence-electron chi connectivity index (χ3n) is 4.00. The van der Waals surface area contributed by atoms with E-state index in [1.807, 2.05) is 6.92 Å². The number of amides is 1. The van der Waals surface area contributed by atoms with Crippen LogP contribution >= 0.6 is 0 Å². The highest BCUT2D eigenvalue weighted by Gasteiger charge is 2.20. The highest BCUT2D eigenvalue weighted by atomic mass is 16.5. The number of nitrogens with one attached hydrogen (secondary N) is 1. The molecule has 2 aromatic rings. The molecule has 1 aromatic carbocycles. The van der Waals surface area contributed by atoms with Crippen LogP contribution in [0, 0.1) is 0 Å². The average molecular weight is 389 g/mol. The molecule has 0 saturated carbocycles. The first-order chi connectivity index (χ1) is 13.4. The largest absolute Gasteiger partial charge is 0.493 e. The fourth-order valence-electron chi connectivity index (χ4n) is 2.49. The summed E-state index contributed by atoms with van der Waals surface area (Å²) in [6, 6.07) is 5.48. The van der Waals surface area contributed by atoms with Gasteiger partial charge in [-0.2, -0.15) is 5.10 Å². The molecule has 28 heavy (non-hydrogen) atoms.